The van der Waals surface area contributed by atoms with Gasteiger partial charge in [-0.3, -0.25) is 0 Å². The number of methoxy groups -OCH3 is 1. The molecule has 0 aliphatic carbocycles. The molecule has 0 atom stereocenters. The quantitative estimate of drug-likeness (QED) is 0.701. The predicted octanol–water partition coefficient (Wildman–Crippen LogP) is 1.65. The Bertz CT molecular complexity index is 442. The number of rotatable bonds is 2. The number of hydrogen-bond donors (Lipinski definition) is 0. The molecule has 5 heteroatoms. The van der Waals surface area contributed by atoms with Gasteiger partial charge in [-0.05, 0) is 18.2 Å². The Hall–Kier alpha value is -1.62. The molecular formula is C9H7N2O2S-. The van der Waals surface area contributed by atoms with Crippen molar-refractivity contribution in [1.82, 2.24) is 10.2 Å². The Balaban J connectivity index is 2.41. The smallest absolute Gasteiger partial charge is 0.245 e. The minimum absolute atomic E-state index is 0.141. The van der Waals surface area contributed by atoms with Crippen LogP contribution in [0.5, 0.6) is 5.75 Å². The molecule has 0 aliphatic heterocycles. The molecule has 0 amide bonds. The molecule has 0 aliphatic rings. The van der Waals surface area contributed by atoms with Crippen molar-refractivity contribution < 1.29 is 9.15 Å². The summed E-state index contributed by atoms with van der Waals surface area (Å²) in [5.41, 5.74) is 0.799. The second-order valence-corrected chi connectivity index (χ2v) is 2.95. The van der Waals surface area contributed by atoms with E-state index in [1.54, 1.807) is 7.11 Å². The van der Waals surface area contributed by atoms with E-state index >= 15 is 0 Å². The van der Waals surface area contributed by atoms with Crippen LogP contribution >= 0.6 is 0 Å². The van der Waals surface area contributed by atoms with Gasteiger partial charge in [0.2, 0.25) is 5.89 Å². The summed E-state index contributed by atoms with van der Waals surface area (Å²) in [6, 6.07) is 7.35. The average Bonchev–Trinajstić information content (AvgIpc) is 2.65. The first-order valence-corrected chi connectivity index (χ1v) is 4.35. The van der Waals surface area contributed by atoms with Crippen LogP contribution in [-0.2, 0) is 12.6 Å². The summed E-state index contributed by atoms with van der Waals surface area (Å²) in [4.78, 5) is 0. The maximum Gasteiger partial charge on any atom is 0.245 e. The van der Waals surface area contributed by atoms with E-state index in [2.05, 4.69) is 10.2 Å². The highest BCUT2D eigenvalue weighted by Crippen LogP contribution is 2.22. The molecule has 4 nitrogen and oxygen atoms in total. The van der Waals surface area contributed by atoms with Crippen molar-refractivity contribution in [1.29, 1.82) is 0 Å². The van der Waals surface area contributed by atoms with Crippen molar-refractivity contribution in [2.24, 2.45) is 0 Å². The van der Waals surface area contributed by atoms with E-state index in [0.29, 0.717) is 5.89 Å². The van der Waals surface area contributed by atoms with Crippen LogP contribution in [-0.4, -0.2) is 17.3 Å². The zero-order valence-electron chi connectivity index (χ0n) is 7.43. The van der Waals surface area contributed by atoms with Crippen LogP contribution in [0.1, 0.15) is 0 Å². The molecule has 0 saturated carbocycles. The third-order valence-electron chi connectivity index (χ3n) is 1.72. The van der Waals surface area contributed by atoms with Crippen molar-refractivity contribution in [3.05, 3.63) is 24.3 Å². The summed E-state index contributed by atoms with van der Waals surface area (Å²) in [5, 5.41) is 7.53. The third-order valence-corrected chi connectivity index (χ3v) is 1.89. The molecule has 2 aromatic rings. The molecule has 0 bridgehead atoms. The molecule has 14 heavy (non-hydrogen) atoms. The average molecular weight is 207 g/mol. The summed E-state index contributed by atoms with van der Waals surface area (Å²) in [7, 11) is 1.60. The van der Waals surface area contributed by atoms with Crippen LogP contribution in [0.2, 0.25) is 0 Å². The van der Waals surface area contributed by atoms with Crippen LogP contribution in [0.15, 0.2) is 33.9 Å². The Morgan fingerprint density at radius 3 is 2.86 bits per heavy atom. The molecule has 1 aromatic heterocycles. The highest BCUT2D eigenvalue weighted by Gasteiger charge is 2.04. The SMILES string of the molecule is COc1cccc(-c2nnc([S-])o2)c1. The van der Waals surface area contributed by atoms with Gasteiger partial charge in [-0.2, -0.15) is 0 Å². The molecule has 1 aromatic carbocycles. The molecule has 2 rings (SSSR count). The van der Waals surface area contributed by atoms with Gasteiger partial charge in [-0.1, -0.05) is 6.07 Å². The topological polar surface area (TPSA) is 48.2 Å². The Morgan fingerprint density at radius 1 is 1.36 bits per heavy atom. The largest absolute Gasteiger partial charge is 0.719 e. The second-order valence-electron chi connectivity index (χ2n) is 2.61. The van der Waals surface area contributed by atoms with Gasteiger partial charge in [0.05, 0.1) is 12.3 Å². The fraction of sp³-hybridized carbons (Fsp3) is 0.111. The van der Waals surface area contributed by atoms with Gasteiger partial charge in [0.15, 0.2) is 0 Å². The standard InChI is InChI=1S/C9H8N2O2S/c1-12-7-4-2-3-6(5-7)8-10-11-9(14)13-8/h2-5H,1H3,(H,11,14)/p-1. The van der Waals surface area contributed by atoms with Gasteiger partial charge in [0.25, 0.3) is 0 Å². The fourth-order valence-corrected chi connectivity index (χ4v) is 1.20. The number of aromatic nitrogens is 2. The van der Waals surface area contributed by atoms with Crippen molar-refractivity contribution in [2.45, 2.75) is 5.22 Å². The zero-order valence-corrected chi connectivity index (χ0v) is 8.25. The zero-order chi connectivity index (χ0) is 9.97. The van der Waals surface area contributed by atoms with Crippen molar-refractivity contribution in [3.8, 4) is 17.2 Å². The Labute approximate surface area is 86.3 Å². The van der Waals surface area contributed by atoms with E-state index in [1.165, 1.54) is 0 Å². The summed E-state index contributed by atoms with van der Waals surface area (Å²) in [5.74, 6) is 1.15. The normalized spacial score (nSPS) is 10.1. The number of hydrogen-bond acceptors (Lipinski definition) is 5. The van der Waals surface area contributed by atoms with Crippen LogP contribution in [0.3, 0.4) is 0 Å². The molecule has 0 radical (unpaired) electrons. The van der Waals surface area contributed by atoms with E-state index in [9.17, 15) is 0 Å². The lowest BCUT2D eigenvalue weighted by molar-refractivity contribution is 0.414. The molecule has 0 spiro atoms. The molecule has 0 N–H and O–H groups in total. The lowest BCUT2D eigenvalue weighted by atomic mass is 10.2. The highest BCUT2D eigenvalue weighted by molar-refractivity contribution is 7.58. The number of nitrogens with zero attached hydrogens (tertiary/aromatic N) is 2. The molecule has 72 valence electrons. The van der Waals surface area contributed by atoms with Crippen LogP contribution in [0, 0.1) is 0 Å². The van der Waals surface area contributed by atoms with Gasteiger partial charge < -0.3 is 21.8 Å². The van der Waals surface area contributed by atoms with E-state index < -0.39 is 0 Å². The Morgan fingerprint density at radius 2 is 2.21 bits per heavy atom. The second kappa shape index (κ2) is 3.63. The first-order chi connectivity index (χ1) is 6.79. The van der Waals surface area contributed by atoms with Crippen LogP contribution < -0.4 is 4.74 Å². The maximum absolute atomic E-state index is 5.11. The van der Waals surface area contributed by atoms with Crippen molar-refractivity contribution in [3.63, 3.8) is 0 Å². The molecular weight excluding hydrogens is 200 g/mol. The number of benzene rings is 1. The van der Waals surface area contributed by atoms with Gasteiger partial charge in [0.1, 0.15) is 5.75 Å². The third kappa shape index (κ3) is 1.67. The van der Waals surface area contributed by atoms with E-state index in [-0.39, 0.29) is 5.22 Å². The van der Waals surface area contributed by atoms with Gasteiger partial charge in [-0.15, -0.1) is 10.2 Å². The highest BCUT2D eigenvalue weighted by atomic mass is 32.1. The van der Waals surface area contributed by atoms with Crippen LogP contribution in [0.4, 0.5) is 0 Å². The maximum atomic E-state index is 5.11. The summed E-state index contributed by atoms with van der Waals surface area (Å²) in [6.45, 7) is 0. The van der Waals surface area contributed by atoms with Crippen molar-refractivity contribution in [2.75, 3.05) is 7.11 Å². The molecule has 0 fully saturated rings. The van der Waals surface area contributed by atoms with Crippen molar-refractivity contribution >= 4 is 12.6 Å². The number of ether oxygens (including phenoxy) is 1. The Kier molecular flexibility index (Phi) is 2.32. The van der Waals surface area contributed by atoms with Gasteiger partial charge >= 0.3 is 0 Å². The lowest BCUT2D eigenvalue weighted by Gasteiger charge is -2.00. The molecule has 0 unspecified atom stereocenters. The first kappa shape index (κ1) is 8.96. The van der Waals surface area contributed by atoms with E-state index in [1.807, 2.05) is 24.3 Å². The van der Waals surface area contributed by atoms with Gasteiger partial charge in [0, 0.05) is 5.56 Å². The lowest BCUT2D eigenvalue weighted by Crippen LogP contribution is -1.83. The summed E-state index contributed by atoms with van der Waals surface area (Å²) >= 11 is 4.72. The van der Waals surface area contributed by atoms with Crippen LogP contribution in [0.25, 0.3) is 11.5 Å². The van der Waals surface area contributed by atoms with E-state index in [4.69, 9.17) is 21.8 Å². The molecule has 0 saturated heterocycles. The minimum Gasteiger partial charge on any atom is -0.719 e. The summed E-state index contributed by atoms with van der Waals surface area (Å²) < 4.78 is 10.2. The monoisotopic (exact) mass is 207 g/mol. The summed E-state index contributed by atoms with van der Waals surface area (Å²) in [6.07, 6.45) is 0. The first-order valence-electron chi connectivity index (χ1n) is 3.94. The minimum atomic E-state index is 0.141. The predicted molar refractivity (Wildman–Crippen MR) is 51.9 cm³/mol. The van der Waals surface area contributed by atoms with E-state index in [0.717, 1.165) is 11.3 Å². The van der Waals surface area contributed by atoms with Gasteiger partial charge in [-0.25, -0.2) is 0 Å². The molecule has 1 heterocycles. The fourth-order valence-electron chi connectivity index (χ4n) is 1.08.